The van der Waals surface area contributed by atoms with E-state index in [1.54, 1.807) is 35.5 Å². The molecule has 0 saturated carbocycles. The Morgan fingerprint density at radius 1 is 1.07 bits per heavy atom. The number of ether oxygens (including phenoxy) is 1. The lowest BCUT2D eigenvalue weighted by Crippen LogP contribution is -2.45. The molecule has 1 aliphatic rings. The summed E-state index contributed by atoms with van der Waals surface area (Å²) in [5.41, 5.74) is 2.53. The van der Waals surface area contributed by atoms with Crippen LogP contribution in [0.5, 0.6) is 0 Å². The molecule has 2 heterocycles. The van der Waals surface area contributed by atoms with E-state index in [0.29, 0.717) is 31.7 Å². The molecule has 2 aromatic carbocycles. The molecule has 1 saturated heterocycles. The van der Waals surface area contributed by atoms with Gasteiger partial charge in [-0.25, -0.2) is 4.39 Å². The molecule has 0 bridgehead atoms. The third kappa shape index (κ3) is 4.51. The molecule has 2 atom stereocenters. The molecule has 4 nitrogen and oxygen atoms in total. The molecule has 4 rings (SSSR count). The van der Waals surface area contributed by atoms with Crippen LogP contribution < -0.4 is 0 Å². The highest BCUT2D eigenvalue weighted by Crippen LogP contribution is 2.29. The van der Waals surface area contributed by atoms with E-state index in [9.17, 15) is 9.18 Å². The SMILES string of the molecule is O=C(C(Cc1ccncc1)c1ccccc1)N1CCOC(c2ccccc2F)C1. The minimum atomic E-state index is -0.453. The summed E-state index contributed by atoms with van der Waals surface area (Å²) in [6.45, 7) is 1.24. The molecule has 2 unspecified atom stereocenters. The predicted octanol–water partition coefficient (Wildman–Crippen LogP) is 4.15. The fourth-order valence-electron chi connectivity index (χ4n) is 3.78. The number of hydrogen-bond donors (Lipinski definition) is 0. The standard InChI is InChI=1S/C24H23FN2O2/c25-22-9-5-4-8-20(22)23-17-27(14-15-29-23)24(28)21(19-6-2-1-3-7-19)16-18-10-12-26-13-11-18/h1-13,21,23H,14-17H2. The van der Waals surface area contributed by atoms with Crippen LogP contribution in [-0.4, -0.2) is 35.5 Å². The van der Waals surface area contributed by atoms with Crippen LogP contribution in [-0.2, 0) is 16.0 Å². The fourth-order valence-corrected chi connectivity index (χ4v) is 3.78. The van der Waals surface area contributed by atoms with Crippen molar-refractivity contribution in [3.63, 3.8) is 0 Å². The van der Waals surface area contributed by atoms with E-state index >= 15 is 0 Å². The summed E-state index contributed by atoms with van der Waals surface area (Å²) >= 11 is 0. The van der Waals surface area contributed by atoms with Gasteiger partial charge in [-0.1, -0.05) is 48.5 Å². The maximum absolute atomic E-state index is 14.2. The van der Waals surface area contributed by atoms with Crippen molar-refractivity contribution in [3.8, 4) is 0 Å². The highest BCUT2D eigenvalue weighted by atomic mass is 19.1. The van der Waals surface area contributed by atoms with Crippen molar-refractivity contribution in [2.24, 2.45) is 0 Å². The predicted molar refractivity (Wildman–Crippen MR) is 109 cm³/mol. The van der Waals surface area contributed by atoms with E-state index in [1.807, 2.05) is 42.5 Å². The molecule has 1 fully saturated rings. The summed E-state index contributed by atoms with van der Waals surface area (Å²) < 4.78 is 20.0. The van der Waals surface area contributed by atoms with E-state index < -0.39 is 6.10 Å². The van der Waals surface area contributed by atoms with Crippen molar-refractivity contribution >= 4 is 5.91 Å². The van der Waals surface area contributed by atoms with Gasteiger partial charge in [0.15, 0.2) is 0 Å². The Kier molecular flexibility index (Phi) is 5.96. The van der Waals surface area contributed by atoms with Gasteiger partial charge in [-0.3, -0.25) is 9.78 Å². The number of morpholine rings is 1. The van der Waals surface area contributed by atoms with Crippen LogP contribution in [0.1, 0.15) is 28.7 Å². The number of benzene rings is 2. The highest BCUT2D eigenvalue weighted by molar-refractivity contribution is 5.84. The summed E-state index contributed by atoms with van der Waals surface area (Å²) in [5, 5.41) is 0. The van der Waals surface area contributed by atoms with Gasteiger partial charge in [0.2, 0.25) is 5.91 Å². The van der Waals surface area contributed by atoms with Gasteiger partial charge >= 0.3 is 0 Å². The molecular weight excluding hydrogens is 367 g/mol. The number of amides is 1. The molecule has 0 spiro atoms. The lowest BCUT2D eigenvalue weighted by molar-refractivity contribution is -0.140. The molecule has 1 aliphatic heterocycles. The van der Waals surface area contributed by atoms with Gasteiger partial charge in [0.1, 0.15) is 11.9 Å². The summed E-state index contributed by atoms with van der Waals surface area (Å²) in [5.74, 6) is -0.571. The second-order valence-electron chi connectivity index (χ2n) is 7.19. The lowest BCUT2D eigenvalue weighted by atomic mass is 9.90. The van der Waals surface area contributed by atoms with E-state index in [0.717, 1.165) is 11.1 Å². The molecule has 0 radical (unpaired) electrons. The largest absolute Gasteiger partial charge is 0.370 e. The lowest BCUT2D eigenvalue weighted by Gasteiger charge is -2.35. The van der Waals surface area contributed by atoms with Crippen LogP contribution in [0.25, 0.3) is 0 Å². The van der Waals surface area contributed by atoms with Crippen LogP contribution in [0, 0.1) is 5.82 Å². The zero-order valence-electron chi connectivity index (χ0n) is 16.1. The second kappa shape index (κ2) is 8.97. The molecule has 148 valence electrons. The van der Waals surface area contributed by atoms with Crippen LogP contribution in [0.15, 0.2) is 79.1 Å². The average molecular weight is 390 g/mol. The first-order valence-corrected chi connectivity index (χ1v) is 9.81. The topological polar surface area (TPSA) is 42.4 Å². The highest BCUT2D eigenvalue weighted by Gasteiger charge is 2.31. The summed E-state index contributed by atoms with van der Waals surface area (Å²) in [7, 11) is 0. The molecule has 0 N–H and O–H groups in total. The Labute approximate surface area is 170 Å². The molecule has 1 aromatic heterocycles. The first-order valence-electron chi connectivity index (χ1n) is 9.81. The Bertz CT molecular complexity index is 949. The van der Waals surface area contributed by atoms with Gasteiger partial charge in [-0.05, 0) is 35.7 Å². The maximum atomic E-state index is 14.2. The van der Waals surface area contributed by atoms with Gasteiger partial charge < -0.3 is 9.64 Å². The quantitative estimate of drug-likeness (QED) is 0.657. The van der Waals surface area contributed by atoms with Crippen LogP contribution in [0.4, 0.5) is 4.39 Å². The molecule has 29 heavy (non-hydrogen) atoms. The molecule has 0 aliphatic carbocycles. The zero-order chi connectivity index (χ0) is 20.1. The van der Waals surface area contributed by atoms with Crippen molar-refractivity contribution < 1.29 is 13.9 Å². The number of nitrogens with zero attached hydrogens (tertiary/aromatic N) is 2. The minimum Gasteiger partial charge on any atom is -0.370 e. The number of halogens is 1. The summed E-state index contributed by atoms with van der Waals surface area (Å²) in [6.07, 6.45) is 3.62. The van der Waals surface area contributed by atoms with Crippen molar-refractivity contribution in [2.75, 3.05) is 19.7 Å². The summed E-state index contributed by atoms with van der Waals surface area (Å²) in [4.78, 5) is 19.4. The Morgan fingerprint density at radius 3 is 2.55 bits per heavy atom. The number of hydrogen-bond acceptors (Lipinski definition) is 3. The van der Waals surface area contributed by atoms with E-state index in [2.05, 4.69) is 4.98 Å². The van der Waals surface area contributed by atoms with Crippen molar-refractivity contribution in [3.05, 3.63) is 102 Å². The zero-order valence-corrected chi connectivity index (χ0v) is 16.1. The number of carbonyl (C=O) groups excluding carboxylic acids is 1. The third-order valence-corrected chi connectivity index (χ3v) is 5.32. The number of carbonyl (C=O) groups is 1. The first-order chi connectivity index (χ1) is 14.2. The second-order valence-corrected chi connectivity index (χ2v) is 7.19. The number of aromatic nitrogens is 1. The average Bonchev–Trinajstić information content (AvgIpc) is 2.79. The van der Waals surface area contributed by atoms with E-state index in [4.69, 9.17) is 4.74 Å². The Morgan fingerprint density at radius 2 is 1.79 bits per heavy atom. The van der Waals surface area contributed by atoms with E-state index in [1.165, 1.54) is 6.07 Å². The van der Waals surface area contributed by atoms with Crippen LogP contribution >= 0.6 is 0 Å². The van der Waals surface area contributed by atoms with Gasteiger partial charge in [0, 0.05) is 24.5 Å². The van der Waals surface area contributed by atoms with Gasteiger partial charge in [0.25, 0.3) is 0 Å². The first kappa shape index (κ1) is 19.3. The summed E-state index contributed by atoms with van der Waals surface area (Å²) in [6, 6.07) is 20.3. The Hall–Kier alpha value is -3.05. The smallest absolute Gasteiger partial charge is 0.230 e. The van der Waals surface area contributed by atoms with Crippen molar-refractivity contribution in [1.82, 2.24) is 9.88 Å². The molecule has 3 aromatic rings. The maximum Gasteiger partial charge on any atom is 0.230 e. The monoisotopic (exact) mass is 390 g/mol. The fraction of sp³-hybridized carbons (Fsp3) is 0.250. The van der Waals surface area contributed by atoms with Crippen molar-refractivity contribution in [1.29, 1.82) is 0 Å². The van der Waals surface area contributed by atoms with Gasteiger partial charge in [0.05, 0.1) is 19.1 Å². The number of pyridine rings is 1. The molecule has 5 heteroatoms. The van der Waals surface area contributed by atoms with Gasteiger partial charge in [-0.2, -0.15) is 0 Å². The number of rotatable bonds is 5. The molecule has 1 amide bonds. The Balaban J connectivity index is 1.57. The van der Waals surface area contributed by atoms with Crippen molar-refractivity contribution in [2.45, 2.75) is 18.4 Å². The van der Waals surface area contributed by atoms with Crippen LogP contribution in [0.3, 0.4) is 0 Å². The molecular formula is C24H23FN2O2. The van der Waals surface area contributed by atoms with E-state index in [-0.39, 0.29) is 17.6 Å². The minimum absolute atomic E-state index is 0.0395. The normalized spacial score (nSPS) is 17.7. The van der Waals surface area contributed by atoms with Gasteiger partial charge in [-0.15, -0.1) is 0 Å². The third-order valence-electron chi connectivity index (χ3n) is 5.32. The van der Waals surface area contributed by atoms with Crippen LogP contribution in [0.2, 0.25) is 0 Å².